The van der Waals surface area contributed by atoms with Gasteiger partial charge in [0.2, 0.25) is 0 Å². The standard InChI is InChI=1S/C24H24N4O4/c1-16-21-13-25-20(22(29)26-12-18-9-6-10-19(11-18)32-2)15-27(21)24(31)28(23(16)30)14-17-7-4-3-5-8-17/h3-11,15,25H,12-14H2,1-2H3,(H,26,29). The molecule has 8 heteroatoms. The Morgan fingerprint density at radius 2 is 1.84 bits per heavy atom. The molecule has 164 valence electrons. The summed E-state index contributed by atoms with van der Waals surface area (Å²) in [5.74, 6) is 0.364. The molecule has 1 amide bonds. The molecular weight excluding hydrogens is 408 g/mol. The molecular formula is C24H24N4O4. The van der Waals surface area contributed by atoms with Gasteiger partial charge in [-0.1, -0.05) is 42.5 Å². The van der Waals surface area contributed by atoms with E-state index in [1.54, 1.807) is 14.0 Å². The van der Waals surface area contributed by atoms with E-state index in [0.29, 0.717) is 23.6 Å². The summed E-state index contributed by atoms with van der Waals surface area (Å²) in [5.41, 5.74) is 2.21. The Labute approximate surface area is 184 Å². The normalized spacial score (nSPS) is 12.4. The highest BCUT2D eigenvalue weighted by Gasteiger charge is 2.22. The van der Waals surface area contributed by atoms with Gasteiger partial charge in [0.1, 0.15) is 11.4 Å². The first kappa shape index (κ1) is 21.2. The third kappa shape index (κ3) is 4.20. The molecule has 0 aliphatic carbocycles. The van der Waals surface area contributed by atoms with Gasteiger partial charge < -0.3 is 15.4 Å². The first-order valence-electron chi connectivity index (χ1n) is 10.2. The summed E-state index contributed by atoms with van der Waals surface area (Å²) >= 11 is 0. The van der Waals surface area contributed by atoms with E-state index in [-0.39, 0.29) is 30.3 Å². The van der Waals surface area contributed by atoms with Crippen molar-refractivity contribution in [1.82, 2.24) is 19.8 Å². The van der Waals surface area contributed by atoms with Gasteiger partial charge in [-0.05, 0) is 30.2 Å². The SMILES string of the molecule is COc1cccc(CNC(=O)C2=Cn3c(c(C)c(=O)n(Cc4ccccc4)c3=O)CN2)c1. The van der Waals surface area contributed by atoms with Crippen LogP contribution in [0.1, 0.15) is 22.4 Å². The summed E-state index contributed by atoms with van der Waals surface area (Å²) in [7, 11) is 1.59. The predicted octanol–water partition coefficient (Wildman–Crippen LogP) is 1.59. The van der Waals surface area contributed by atoms with Crippen molar-refractivity contribution < 1.29 is 9.53 Å². The number of rotatable bonds is 6. The summed E-state index contributed by atoms with van der Waals surface area (Å²) in [6.45, 7) is 2.38. The van der Waals surface area contributed by atoms with E-state index < -0.39 is 5.69 Å². The van der Waals surface area contributed by atoms with Crippen molar-refractivity contribution in [3.05, 3.63) is 104 Å². The fourth-order valence-electron chi connectivity index (χ4n) is 3.65. The highest BCUT2D eigenvalue weighted by molar-refractivity contribution is 5.95. The van der Waals surface area contributed by atoms with Crippen LogP contribution in [0.4, 0.5) is 0 Å². The molecule has 0 unspecified atom stereocenters. The molecule has 0 saturated carbocycles. The van der Waals surface area contributed by atoms with Crippen molar-refractivity contribution in [2.45, 2.75) is 26.6 Å². The molecule has 0 fully saturated rings. The number of nitrogens with zero attached hydrogens (tertiary/aromatic N) is 2. The molecule has 2 heterocycles. The molecule has 3 aromatic rings. The Morgan fingerprint density at radius 1 is 1.09 bits per heavy atom. The van der Waals surface area contributed by atoms with Gasteiger partial charge in [0.25, 0.3) is 11.5 Å². The van der Waals surface area contributed by atoms with E-state index >= 15 is 0 Å². The van der Waals surface area contributed by atoms with Crippen LogP contribution in [0.25, 0.3) is 6.20 Å². The molecule has 1 aliphatic heterocycles. The number of benzene rings is 2. The van der Waals surface area contributed by atoms with Crippen LogP contribution in [0.3, 0.4) is 0 Å². The van der Waals surface area contributed by atoms with Crippen LogP contribution >= 0.6 is 0 Å². The predicted molar refractivity (Wildman–Crippen MR) is 121 cm³/mol. The van der Waals surface area contributed by atoms with Crippen molar-refractivity contribution >= 4 is 12.1 Å². The molecule has 1 aliphatic rings. The molecule has 2 N–H and O–H groups in total. The van der Waals surface area contributed by atoms with Crippen molar-refractivity contribution in [2.24, 2.45) is 0 Å². The number of nitrogens with one attached hydrogen (secondary N) is 2. The summed E-state index contributed by atoms with van der Waals surface area (Å²) in [6.07, 6.45) is 1.45. The van der Waals surface area contributed by atoms with Crippen LogP contribution in [0.5, 0.6) is 5.75 Å². The van der Waals surface area contributed by atoms with Crippen LogP contribution in [0, 0.1) is 6.92 Å². The Morgan fingerprint density at radius 3 is 2.59 bits per heavy atom. The maximum Gasteiger partial charge on any atom is 0.335 e. The summed E-state index contributed by atoms with van der Waals surface area (Å²) in [4.78, 5) is 38.6. The molecule has 1 aromatic heterocycles. The fourth-order valence-corrected chi connectivity index (χ4v) is 3.65. The lowest BCUT2D eigenvalue weighted by molar-refractivity contribution is -0.118. The van der Waals surface area contributed by atoms with Gasteiger partial charge in [0.15, 0.2) is 0 Å². The van der Waals surface area contributed by atoms with Gasteiger partial charge >= 0.3 is 5.69 Å². The van der Waals surface area contributed by atoms with Crippen molar-refractivity contribution in [1.29, 1.82) is 0 Å². The van der Waals surface area contributed by atoms with Crippen LogP contribution in [0.15, 0.2) is 69.9 Å². The molecule has 0 atom stereocenters. The van der Waals surface area contributed by atoms with Crippen molar-refractivity contribution in [3.63, 3.8) is 0 Å². The van der Waals surface area contributed by atoms with E-state index in [0.717, 1.165) is 11.1 Å². The lowest BCUT2D eigenvalue weighted by atomic mass is 10.2. The third-order valence-corrected chi connectivity index (χ3v) is 5.45. The summed E-state index contributed by atoms with van der Waals surface area (Å²) in [6, 6.07) is 16.7. The number of hydrogen-bond acceptors (Lipinski definition) is 5. The number of carbonyl (C=O) groups is 1. The van der Waals surface area contributed by atoms with Gasteiger partial charge in [-0.15, -0.1) is 0 Å². The minimum absolute atomic E-state index is 0.165. The minimum Gasteiger partial charge on any atom is -0.497 e. The number of carbonyl (C=O) groups excluding carboxylic acids is 1. The second kappa shape index (κ2) is 8.97. The van der Waals surface area contributed by atoms with Gasteiger partial charge in [0.05, 0.1) is 25.9 Å². The number of methoxy groups -OCH3 is 1. The van der Waals surface area contributed by atoms with Crippen molar-refractivity contribution in [2.75, 3.05) is 7.11 Å². The second-order valence-corrected chi connectivity index (χ2v) is 7.53. The second-order valence-electron chi connectivity index (χ2n) is 7.53. The lowest BCUT2D eigenvalue weighted by Crippen LogP contribution is -2.45. The minimum atomic E-state index is -0.473. The first-order valence-corrected chi connectivity index (χ1v) is 10.2. The van der Waals surface area contributed by atoms with E-state index in [1.165, 1.54) is 15.3 Å². The number of ether oxygens (including phenoxy) is 1. The van der Waals surface area contributed by atoms with Gasteiger partial charge in [0, 0.05) is 18.3 Å². The molecule has 4 rings (SSSR count). The largest absolute Gasteiger partial charge is 0.497 e. The maximum atomic E-state index is 13.1. The van der Waals surface area contributed by atoms with E-state index in [9.17, 15) is 14.4 Å². The average Bonchev–Trinajstić information content (AvgIpc) is 2.84. The lowest BCUT2D eigenvalue weighted by Gasteiger charge is -2.22. The van der Waals surface area contributed by atoms with E-state index in [1.807, 2.05) is 54.6 Å². The Balaban J connectivity index is 1.61. The molecule has 2 aromatic carbocycles. The highest BCUT2D eigenvalue weighted by Crippen LogP contribution is 2.13. The van der Waals surface area contributed by atoms with Crippen LogP contribution in [-0.2, 0) is 24.4 Å². The molecule has 0 spiro atoms. The monoisotopic (exact) mass is 432 g/mol. The number of hydrogen-bond donors (Lipinski definition) is 2. The van der Waals surface area contributed by atoms with Crippen LogP contribution in [0.2, 0.25) is 0 Å². The van der Waals surface area contributed by atoms with Gasteiger partial charge in [-0.2, -0.15) is 0 Å². The van der Waals surface area contributed by atoms with Gasteiger partial charge in [-0.3, -0.25) is 18.7 Å². The highest BCUT2D eigenvalue weighted by atomic mass is 16.5. The molecule has 32 heavy (non-hydrogen) atoms. The topological polar surface area (TPSA) is 94.4 Å². The molecule has 0 radical (unpaired) electrons. The first-order chi connectivity index (χ1) is 15.5. The van der Waals surface area contributed by atoms with Gasteiger partial charge in [-0.25, -0.2) is 4.79 Å². The number of fused-ring (bicyclic) bond motifs is 1. The smallest absolute Gasteiger partial charge is 0.335 e. The van der Waals surface area contributed by atoms with Crippen LogP contribution in [-0.4, -0.2) is 22.2 Å². The molecule has 0 bridgehead atoms. The Bertz CT molecular complexity index is 1310. The quantitative estimate of drug-likeness (QED) is 0.617. The fraction of sp³-hybridized carbons (Fsp3) is 0.208. The number of aromatic nitrogens is 2. The zero-order valence-corrected chi connectivity index (χ0v) is 17.9. The van der Waals surface area contributed by atoms with Crippen LogP contribution < -0.4 is 26.6 Å². The Hall–Kier alpha value is -4.07. The summed E-state index contributed by atoms with van der Waals surface area (Å²) < 4.78 is 7.78. The van der Waals surface area contributed by atoms with E-state index in [4.69, 9.17) is 4.74 Å². The summed E-state index contributed by atoms with van der Waals surface area (Å²) in [5, 5.41) is 5.86. The van der Waals surface area contributed by atoms with Crippen molar-refractivity contribution in [3.8, 4) is 5.75 Å². The average molecular weight is 432 g/mol. The Kier molecular flexibility index (Phi) is 5.93. The molecule has 0 saturated heterocycles. The number of amides is 1. The maximum absolute atomic E-state index is 13.1. The zero-order chi connectivity index (χ0) is 22.7. The molecule has 8 nitrogen and oxygen atoms in total. The van der Waals surface area contributed by atoms with E-state index in [2.05, 4.69) is 10.6 Å². The zero-order valence-electron chi connectivity index (χ0n) is 17.9. The third-order valence-electron chi connectivity index (χ3n) is 5.45.